The van der Waals surface area contributed by atoms with Gasteiger partial charge in [0.05, 0.1) is 12.4 Å². The van der Waals surface area contributed by atoms with Crippen molar-refractivity contribution in [3.8, 4) is 0 Å². The van der Waals surface area contributed by atoms with Crippen LogP contribution < -0.4 is 5.32 Å². The molecule has 0 spiro atoms. The van der Waals surface area contributed by atoms with Crippen LogP contribution in [0.4, 0.5) is 5.82 Å². The van der Waals surface area contributed by atoms with Gasteiger partial charge in [-0.25, -0.2) is 9.97 Å². The van der Waals surface area contributed by atoms with Gasteiger partial charge in [0.25, 0.3) is 5.91 Å². The Kier molecular flexibility index (Phi) is 3.39. The van der Waals surface area contributed by atoms with Crippen LogP contribution in [0.2, 0.25) is 5.15 Å². The molecule has 0 atom stereocenters. The lowest BCUT2D eigenvalue weighted by molar-refractivity contribution is 0.101. The molecule has 2 heterocycles. The van der Waals surface area contributed by atoms with Crippen molar-refractivity contribution in [3.05, 3.63) is 41.6 Å². The number of carbonyl (C=O) groups is 1. The Morgan fingerprint density at radius 2 is 2.29 bits per heavy atom. The molecular formula is C11H11ClN4O. The predicted octanol–water partition coefficient (Wildman–Crippen LogP) is 2.20. The maximum Gasteiger partial charge on any atom is 0.273 e. The number of nitrogens with zero attached hydrogens (tertiary/aromatic N) is 3. The van der Waals surface area contributed by atoms with Crippen LogP contribution in [0, 0.1) is 0 Å². The highest BCUT2D eigenvalue weighted by atomic mass is 35.5. The summed E-state index contributed by atoms with van der Waals surface area (Å²) in [7, 11) is 0. The van der Waals surface area contributed by atoms with Gasteiger partial charge in [0, 0.05) is 12.7 Å². The monoisotopic (exact) mass is 250 g/mol. The van der Waals surface area contributed by atoms with Crippen LogP contribution in [-0.4, -0.2) is 20.4 Å². The van der Waals surface area contributed by atoms with Crippen molar-refractivity contribution in [2.45, 2.75) is 13.5 Å². The number of hydrogen-bond donors (Lipinski definition) is 1. The normalized spacial score (nSPS) is 10.2. The number of halogens is 1. The zero-order valence-corrected chi connectivity index (χ0v) is 9.98. The van der Waals surface area contributed by atoms with E-state index in [1.807, 2.05) is 23.8 Å². The number of amides is 1. The summed E-state index contributed by atoms with van der Waals surface area (Å²) in [5, 5.41) is 2.95. The van der Waals surface area contributed by atoms with Crippen LogP contribution in [-0.2, 0) is 6.54 Å². The summed E-state index contributed by atoms with van der Waals surface area (Å²) in [5.74, 6) is 0.164. The molecular weight excluding hydrogens is 240 g/mol. The largest absolute Gasteiger partial charge is 0.344 e. The molecule has 2 rings (SSSR count). The van der Waals surface area contributed by atoms with Gasteiger partial charge in [0.1, 0.15) is 10.8 Å². The van der Waals surface area contributed by atoms with Crippen LogP contribution in [0.5, 0.6) is 0 Å². The number of hydrogen-bond acceptors (Lipinski definition) is 3. The van der Waals surface area contributed by atoms with E-state index in [1.54, 1.807) is 6.07 Å². The van der Waals surface area contributed by atoms with Crippen molar-refractivity contribution in [1.82, 2.24) is 14.5 Å². The van der Waals surface area contributed by atoms with E-state index in [9.17, 15) is 4.79 Å². The van der Waals surface area contributed by atoms with E-state index >= 15 is 0 Å². The molecule has 0 aliphatic heterocycles. The third kappa shape index (κ3) is 2.62. The van der Waals surface area contributed by atoms with E-state index in [-0.39, 0.29) is 5.91 Å². The van der Waals surface area contributed by atoms with E-state index in [4.69, 9.17) is 11.6 Å². The van der Waals surface area contributed by atoms with Gasteiger partial charge in [-0.2, -0.15) is 0 Å². The molecule has 1 N–H and O–H groups in total. The number of aryl methyl sites for hydroxylation is 1. The van der Waals surface area contributed by atoms with Gasteiger partial charge in [-0.15, -0.1) is 0 Å². The molecule has 0 fully saturated rings. The van der Waals surface area contributed by atoms with Crippen molar-refractivity contribution < 1.29 is 4.79 Å². The quantitative estimate of drug-likeness (QED) is 0.909. The molecule has 0 aromatic carbocycles. The zero-order chi connectivity index (χ0) is 12.3. The highest BCUT2D eigenvalue weighted by Crippen LogP contribution is 2.08. The minimum absolute atomic E-state index is 0.214. The Bertz CT molecular complexity index is 521. The third-order valence-electron chi connectivity index (χ3n) is 2.26. The third-order valence-corrected chi connectivity index (χ3v) is 2.46. The molecule has 88 valence electrons. The van der Waals surface area contributed by atoms with Crippen LogP contribution in [0.3, 0.4) is 0 Å². The molecule has 0 saturated heterocycles. The number of rotatable bonds is 3. The summed E-state index contributed by atoms with van der Waals surface area (Å²) in [6.45, 7) is 2.71. The smallest absolute Gasteiger partial charge is 0.273 e. The minimum Gasteiger partial charge on any atom is -0.344 e. The fourth-order valence-corrected chi connectivity index (χ4v) is 1.55. The molecule has 1 amide bonds. The average Bonchev–Trinajstić information content (AvgIpc) is 2.80. The molecule has 0 bridgehead atoms. The Balaban J connectivity index is 2.14. The molecule has 2 aromatic heterocycles. The molecule has 6 heteroatoms. The summed E-state index contributed by atoms with van der Waals surface area (Å²) >= 11 is 5.61. The first-order chi connectivity index (χ1) is 8.20. The van der Waals surface area contributed by atoms with Crippen LogP contribution >= 0.6 is 11.6 Å². The second-order valence-electron chi connectivity index (χ2n) is 3.36. The Labute approximate surface area is 103 Å². The summed E-state index contributed by atoms with van der Waals surface area (Å²) in [6.07, 6.45) is 4.65. The number of aromatic nitrogens is 3. The molecule has 0 aliphatic carbocycles. The molecule has 17 heavy (non-hydrogen) atoms. The van der Waals surface area contributed by atoms with Crippen molar-refractivity contribution >= 4 is 23.3 Å². The van der Waals surface area contributed by atoms with Crippen LogP contribution in [0.15, 0.2) is 30.7 Å². The molecule has 0 aliphatic rings. The zero-order valence-electron chi connectivity index (χ0n) is 9.22. The lowest BCUT2D eigenvalue weighted by atomic mass is 10.4. The van der Waals surface area contributed by atoms with Gasteiger partial charge in [0.2, 0.25) is 0 Å². The minimum atomic E-state index is -0.214. The van der Waals surface area contributed by atoms with E-state index in [0.717, 1.165) is 6.54 Å². The molecule has 2 aromatic rings. The van der Waals surface area contributed by atoms with Crippen molar-refractivity contribution in [2.75, 3.05) is 5.32 Å². The first-order valence-electron chi connectivity index (χ1n) is 5.14. The maximum absolute atomic E-state index is 11.9. The summed E-state index contributed by atoms with van der Waals surface area (Å²) < 4.78 is 1.85. The number of nitrogens with one attached hydrogen (secondary N) is 1. The molecule has 0 unspecified atom stereocenters. The lowest BCUT2D eigenvalue weighted by Gasteiger charge is -2.06. The lowest BCUT2D eigenvalue weighted by Crippen LogP contribution is -2.17. The average molecular weight is 251 g/mol. The maximum atomic E-state index is 11.9. The number of anilines is 1. The fraction of sp³-hybridized carbons (Fsp3) is 0.182. The number of carbonyl (C=O) groups excluding carboxylic acids is 1. The second kappa shape index (κ2) is 4.97. The van der Waals surface area contributed by atoms with E-state index in [0.29, 0.717) is 16.7 Å². The van der Waals surface area contributed by atoms with Gasteiger partial charge in [-0.05, 0) is 19.1 Å². The topological polar surface area (TPSA) is 59.8 Å². The first-order valence-corrected chi connectivity index (χ1v) is 5.52. The highest BCUT2D eigenvalue weighted by Gasteiger charge is 2.10. The second-order valence-corrected chi connectivity index (χ2v) is 3.75. The Morgan fingerprint density at radius 3 is 2.94 bits per heavy atom. The standard InChI is InChI=1S/C11H11ClN4O/c1-2-16-5-3-4-8(16)11(17)15-10-7-13-9(12)6-14-10/h3-7H,2H2,1H3,(H,14,15,17). The SMILES string of the molecule is CCn1cccc1C(=O)Nc1cnc(Cl)cn1. The van der Waals surface area contributed by atoms with Crippen molar-refractivity contribution in [2.24, 2.45) is 0 Å². The molecule has 0 radical (unpaired) electrons. The van der Waals surface area contributed by atoms with Crippen LogP contribution in [0.1, 0.15) is 17.4 Å². The van der Waals surface area contributed by atoms with E-state index in [1.165, 1.54) is 12.4 Å². The fourth-order valence-electron chi connectivity index (χ4n) is 1.45. The van der Waals surface area contributed by atoms with Gasteiger partial charge in [-0.1, -0.05) is 11.6 Å². The van der Waals surface area contributed by atoms with E-state index < -0.39 is 0 Å². The highest BCUT2D eigenvalue weighted by molar-refractivity contribution is 6.29. The summed E-state index contributed by atoms with van der Waals surface area (Å²) in [5.41, 5.74) is 0.587. The van der Waals surface area contributed by atoms with Gasteiger partial charge in [-0.3, -0.25) is 4.79 Å². The Morgan fingerprint density at radius 1 is 1.47 bits per heavy atom. The van der Waals surface area contributed by atoms with E-state index in [2.05, 4.69) is 15.3 Å². The van der Waals surface area contributed by atoms with Crippen molar-refractivity contribution in [1.29, 1.82) is 0 Å². The molecule has 5 nitrogen and oxygen atoms in total. The molecule has 0 saturated carbocycles. The summed E-state index contributed by atoms with van der Waals surface area (Å²) in [4.78, 5) is 19.7. The predicted molar refractivity (Wildman–Crippen MR) is 65.1 cm³/mol. The Hall–Kier alpha value is -1.88. The van der Waals surface area contributed by atoms with Gasteiger partial charge < -0.3 is 9.88 Å². The summed E-state index contributed by atoms with van der Waals surface area (Å²) in [6, 6.07) is 3.58. The van der Waals surface area contributed by atoms with Gasteiger partial charge >= 0.3 is 0 Å². The van der Waals surface area contributed by atoms with Crippen LogP contribution in [0.25, 0.3) is 0 Å². The first kappa shape index (κ1) is 11.6. The van der Waals surface area contributed by atoms with Crippen molar-refractivity contribution in [3.63, 3.8) is 0 Å². The van der Waals surface area contributed by atoms with Gasteiger partial charge in [0.15, 0.2) is 5.82 Å².